The molecule has 1 saturated heterocycles. The summed E-state index contributed by atoms with van der Waals surface area (Å²) >= 11 is 1.82. The predicted molar refractivity (Wildman–Crippen MR) is 123 cm³/mol. The molecule has 1 aromatic rings. The van der Waals surface area contributed by atoms with E-state index in [1.54, 1.807) is 19.0 Å². The maximum Gasteiger partial charge on any atom is 0.243 e. The van der Waals surface area contributed by atoms with Crippen LogP contribution in [0.15, 0.2) is 40.2 Å². The molecule has 0 spiro atoms. The summed E-state index contributed by atoms with van der Waals surface area (Å²) in [4.78, 5) is 19.1. The average Bonchev–Trinajstić information content (AvgIpc) is 3.15. The summed E-state index contributed by atoms with van der Waals surface area (Å²) in [6, 6.07) is 10.4. The summed E-state index contributed by atoms with van der Waals surface area (Å²) in [7, 11) is 3.49. The van der Waals surface area contributed by atoms with Crippen molar-refractivity contribution >= 4 is 47.6 Å². The summed E-state index contributed by atoms with van der Waals surface area (Å²) in [5.74, 6) is 1.18. The molecule has 0 saturated carbocycles. The fourth-order valence-corrected chi connectivity index (χ4v) is 3.41. The molecule has 2 N–H and O–H groups in total. The first-order chi connectivity index (χ1) is 12.5. The Labute approximate surface area is 183 Å². The highest BCUT2D eigenvalue weighted by molar-refractivity contribution is 14.0. The number of aliphatic imine (C=N–C) groups is 1. The molecule has 1 aliphatic rings. The minimum atomic E-state index is -0.0120. The topological polar surface area (TPSA) is 66.0 Å². The number of benzene rings is 1. The van der Waals surface area contributed by atoms with Crippen LogP contribution in [0.3, 0.4) is 0 Å². The lowest BCUT2D eigenvalue weighted by Crippen LogP contribution is -2.43. The van der Waals surface area contributed by atoms with Gasteiger partial charge in [-0.2, -0.15) is 0 Å². The van der Waals surface area contributed by atoms with Crippen LogP contribution in [0.4, 0.5) is 0 Å². The molecular weight excluding hydrogens is 475 g/mol. The molecule has 2 rings (SSSR count). The highest BCUT2D eigenvalue weighted by Crippen LogP contribution is 2.21. The zero-order valence-corrected chi connectivity index (χ0v) is 19.5. The van der Waals surface area contributed by atoms with Gasteiger partial charge in [0.15, 0.2) is 5.96 Å². The van der Waals surface area contributed by atoms with Crippen molar-refractivity contribution in [3.05, 3.63) is 30.3 Å². The van der Waals surface area contributed by atoms with Gasteiger partial charge in [0.05, 0.1) is 6.61 Å². The number of guanidine groups is 1. The Balaban J connectivity index is 0.00000364. The molecule has 0 radical (unpaired) electrons. The third kappa shape index (κ3) is 9.66. The smallest absolute Gasteiger partial charge is 0.243 e. The number of carbonyl (C=O) groups excluding carboxylic acids is 1. The number of hydrogen-bond donors (Lipinski definition) is 2. The molecule has 27 heavy (non-hydrogen) atoms. The van der Waals surface area contributed by atoms with E-state index in [9.17, 15) is 4.79 Å². The van der Waals surface area contributed by atoms with Gasteiger partial charge in [0.1, 0.15) is 6.54 Å². The molecule has 2 unspecified atom stereocenters. The fraction of sp³-hybridized carbons (Fsp3) is 0.579. The van der Waals surface area contributed by atoms with Crippen molar-refractivity contribution in [1.29, 1.82) is 0 Å². The van der Waals surface area contributed by atoms with Crippen LogP contribution in [0.5, 0.6) is 0 Å². The Morgan fingerprint density at radius 2 is 2.07 bits per heavy atom. The van der Waals surface area contributed by atoms with Crippen molar-refractivity contribution < 1.29 is 9.53 Å². The molecule has 0 aromatic heterocycles. The fourth-order valence-electron chi connectivity index (χ4n) is 2.46. The van der Waals surface area contributed by atoms with Crippen molar-refractivity contribution in [3.8, 4) is 0 Å². The molecule has 8 heteroatoms. The van der Waals surface area contributed by atoms with Crippen molar-refractivity contribution in [2.45, 2.75) is 23.5 Å². The second-order valence-electron chi connectivity index (χ2n) is 6.69. The number of amides is 1. The van der Waals surface area contributed by atoms with Crippen molar-refractivity contribution in [2.75, 3.05) is 46.9 Å². The van der Waals surface area contributed by atoms with Crippen molar-refractivity contribution in [2.24, 2.45) is 10.9 Å². The molecule has 1 heterocycles. The Morgan fingerprint density at radius 3 is 2.70 bits per heavy atom. The van der Waals surface area contributed by atoms with E-state index in [2.05, 4.69) is 34.7 Å². The quantitative estimate of drug-likeness (QED) is 0.246. The second kappa shape index (κ2) is 13.2. The lowest BCUT2D eigenvalue weighted by molar-refractivity contribution is -0.127. The van der Waals surface area contributed by atoms with Crippen LogP contribution >= 0.6 is 35.7 Å². The normalized spacial score (nSPS) is 17.7. The van der Waals surface area contributed by atoms with Crippen LogP contribution in [0, 0.1) is 5.92 Å². The number of thioether (sulfide) groups is 1. The summed E-state index contributed by atoms with van der Waals surface area (Å²) < 4.78 is 5.42. The van der Waals surface area contributed by atoms with Gasteiger partial charge in [0.2, 0.25) is 5.91 Å². The van der Waals surface area contributed by atoms with Gasteiger partial charge in [0.25, 0.3) is 0 Å². The van der Waals surface area contributed by atoms with E-state index in [1.807, 2.05) is 30.0 Å². The number of carbonyl (C=O) groups is 1. The molecule has 152 valence electrons. The third-order valence-corrected chi connectivity index (χ3v) is 5.20. The summed E-state index contributed by atoms with van der Waals surface area (Å²) in [5.41, 5.74) is 0. The number of likely N-dealkylation sites (N-methyl/N-ethyl adjacent to an activating group) is 1. The molecule has 1 fully saturated rings. The Bertz CT molecular complexity index is 580. The van der Waals surface area contributed by atoms with Crippen LogP contribution in [0.25, 0.3) is 0 Å². The third-order valence-electron chi connectivity index (χ3n) is 4.09. The van der Waals surface area contributed by atoms with Crippen LogP contribution in [-0.4, -0.2) is 69.0 Å². The molecule has 1 amide bonds. The summed E-state index contributed by atoms with van der Waals surface area (Å²) in [5, 5.41) is 7.10. The second-order valence-corrected chi connectivity index (χ2v) is 8.20. The first-order valence-corrected chi connectivity index (χ1v) is 9.94. The number of nitrogens with zero attached hydrogens (tertiary/aromatic N) is 2. The monoisotopic (exact) mass is 506 g/mol. The SMILES string of the molecule is CC(CNC(=NCC(=O)N(C)C)NCC1CCOC1)Sc1ccccc1.I. The van der Waals surface area contributed by atoms with E-state index in [-0.39, 0.29) is 36.4 Å². The molecule has 2 atom stereocenters. The van der Waals surface area contributed by atoms with E-state index in [0.29, 0.717) is 17.1 Å². The van der Waals surface area contributed by atoms with Gasteiger partial charge < -0.3 is 20.3 Å². The van der Waals surface area contributed by atoms with Gasteiger partial charge in [-0.3, -0.25) is 4.79 Å². The largest absolute Gasteiger partial charge is 0.381 e. The lowest BCUT2D eigenvalue weighted by atomic mass is 10.1. The van der Waals surface area contributed by atoms with Crippen LogP contribution < -0.4 is 10.6 Å². The Kier molecular flexibility index (Phi) is 11.8. The first-order valence-electron chi connectivity index (χ1n) is 9.06. The lowest BCUT2D eigenvalue weighted by Gasteiger charge is -2.18. The van der Waals surface area contributed by atoms with E-state index < -0.39 is 0 Å². The highest BCUT2D eigenvalue weighted by atomic mass is 127. The van der Waals surface area contributed by atoms with Gasteiger partial charge in [-0.05, 0) is 18.6 Å². The van der Waals surface area contributed by atoms with Gasteiger partial charge in [-0.1, -0.05) is 25.1 Å². The highest BCUT2D eigenvalue weighted by Gasteiger charge is 2.16. The van der Waals surface area contributed by atoms with E-state index >= 15 is 0 Å². The maximum atomic E-state index is 11.8. The van der Waals surface area contributed by atoms with Gasteiger partial charge in [0, 0.05) is 49.9 Å². The number of rotatable bonds is 8. The van der Waals surface area contributed by atoms with Gasteiger partial charge in [-0.25, -0.2) is 4.99 Å². The maximum absolute atomic E-state index is 11.8. The zero-order chi connectivity index (χ0) is 18.8. The van der Waals surface area contributed by atoms with E-state index in [4.69, 9.17) is 4.74 Å². The molecular formula is C19H31IN4O2S. The standard InChI is InChI=1S/C19H30N4O2S.HI/c1-15(26-17-7-5-4-6-8-17)11-20-19(22-13-18(24)23(2)3)21-12-16-9-10-25-14-16;/h4-8,15-16H,9-14H2,1-3H3,(H2,20,21,22);1H. The van der Waals surface area contributed by atoms with Gasteiger partial charge in [-0.15, -0.1) is 35.7 Å². The predicted octanol–water partition coefficient (Wildman–Crippen LogP) is 2.45. The number of halogens is 1. The molecule has 1 aliphatic heterocycles. The van der Waals surface area contributed by atoms with Crippen LogP contribution in [0.2, 0.25) is 0 Å². The minimum absolute atomic E-state index is 0. The van der Waals surface area contributed by atoms with Crippen LogP contribution in [0.1, 0.15) is 13.3 Å². The first kappa shape index (κ1) is 24.0. The number of ether oxygens (including phenoxy) is 1. The van der Waals surface area contributed by atoms with E-state index in [1.165, 1.54) is 4.90 Å². The van der Waals surface area contributed by atoms with Gasteiger partial charge >= 0.3 is 0 Å². The molecule has 1 aromatic carbocycles. The Morgan fingerprint density at radius 1 is 1.33 bits per heavy atom. The van der Waals surface area contributed by atoms with Crippen LogP contribution in [-0.2, 0) is 9.53 Å². The zero-order valence-electron chi connectivity index (χ0n) is 16.3. The number of hydrogen-bond acceptors (Lipinski definition) is 4. The summed E-state index contributed by atoms with van der Waals surface area (Å²) in [6.07, 6.45) is 1.07. The minimum Gasteiger partial charge on any atom is -0.381 e. The molecule has 0 bridgehead atoms. The van der Waals surface area contributed by atoms with Crippen molar-refractivity contribution in [1.82, 2.24) is 15.5 Å². The summed E-state index contributed by atoms with van der Waals surface area (Å²) in [6.45, 7) is 5.51. The van der Waals surface area contributed by atoms with E-state index in [0.717, 1.165) is 32.7 Å². The molecule has 6 nitrogen and oxygen atoms in total. The average molecular weight is 506 g/mol. The molecule has 0 aliphatic carbocycles. The van der Waals surface area contributed by atoms with Crippen molar-refractivity contribution in [3.63, 3.8) is 0 Å². The Hall–Kier alpha value is -1.000. The number of nitrogens with one attached hydrogen (secondary N) is 2.